The summed E-state index contributed by atoms with van der Waals surface area (Å²) < 4.78 is 25.9. The van der Waals surface area contributed by atoms with Gasteiger partial charge in [-0.15, -0.1) is 0 Å². The molecule has 14 heteroatoms. The van der Waals surface area contributed by atoms with Gasteiger partial charge >= 0.3 is 0 Å². The van der Waals surface area contributed by atoms with E-state index in [1.165, 1.54) is 0 Å². The van der Waals surface area contributed by atoms with Crippen LogP contribution < -0.4 is 15.6 Å². The smallest absolute Gasteiger partial charge is 0.256 e. The average molecular weight is 609 g/mol. The molecule has 0 spiro atoms. The van der Waals surface area contributed by atoms with Gasteiger partial charge in [-0.25, -0.2) is 10.1 Å². The van der Waals surface area contributed by atoms with Gasteiger partial charge in [-0.2, -0.15) is 9.97 Å². The van der Waals surface area contributed by atoms with E-state index in [1.807, 2.05) is 51.1 Å². The van der Waals surface area contributed by atoms with Crippen LogP contribution >= 0.6 is 20.3 Å². The highest BCUT2D eigenvalue weighted by Crippen LogP contribution is 2.35. The Morgan fingerprint density at radius 2 is 1.98 bits per heavy atom. The summed E-state index contributed by atoms with van der Waals surface area (Å²) in [7, 11) is -1.47. The van der Waals surface area contributed by atoms with Crippen LogP contribution in [0.5, 0.6) is 5.88 Å². The Morgan fingerprint density at radius 3 is 2.66 bits per heavy atom. The van der Waals surface area contributed by atoms with Gasteiger partial charge in [-0.1, -0.05) is 49.0 Å². The monoisotopic (exact) mass is 608 g/mol. The number of aliphatic hydroxyl groups is 1. The van der Waals surface area contributed by atoms with Crippen LogP contribution in [0.15, 0.2) is 36.7 Å². The highest BCUT2D eigenvalue weighted by molar-refractivity contribution is 8.13. The Bertz CT molecular complexity index is 1230. The molecule has 12 nitrogen and oxygen atoms in total. The van der Waals surface area contributed by atoms with Crippen LogP contribution in [0.4, 0.5) is 5.95 Å². The van der Waals surface area contributed by atoms with Gasteiger partial charge in [0.05, 0.1) is 44.3 Å². The topological polar surface area (TPSA) is 156 Å². The Kier molecular flexibility index (Phi) is 13.2. The molecule has 0 aliphatic heterocycles. The Hall–Kier alpha value is -2.38. The molecule has 2 heterocycles. The van der Waals surface area contributed by atoms with Gasteiger partial charge in [0.25, 0.3) is 8.53 Å². The molecular formula is C27H41N6O6PS. The molecule has 0 amide bonds. The standard InChI is InChI=1S/C27H41N6O6PS/c1-6-21(39-19(3)33-18-29-22-23(33)31-26(28)32-24(22)36-7-2)16-38-40(30-15-20-11-9-8-10-12-20)37-13-14-41-25(35)27(4,5)17-34/h8-12,18-19,21,30,34H,6-7,13-17H2,1-5H3,(H2,28,31,32)/t19?,21?,40-/m1/s1. The number of anilines is 1. The molecule has 0 bridgehead atoms. The van der Waals surface area contributed by atoms with Gasteiger partial charge < -0.3 is 29.4 Å². The maximum atomic E-state index is 12.3. The van der Waals surface area contributed by atoms with Gasteiger partial charge in [-0.3, -0.25) is 9.36 Å². The maximum absolute atomic E-state index is 12.3. The molecule has 1 aromatic carbocycles. The first-order chi connectivity index (χ1) is 19.7. The summed E-state index contributed by atoms with van der Waals surface area (Å²) in [4.78, 5) is 25.2. The molecule has 4 N–H and O–H groups in total. The maximum Gasteiger partial charge on any atom is 0.256 e. The summed E-state index contributed by atoms with van der Waals surface area (Å²) in [6.45, 7) is 10.6. The third-order valence-corrected chi connectivity index (χ3v) is 8.43. The molecule has 226 valence electrons. The number of imidazole rings is 1. The molecule has 0 saturated heterocycles. The fourth-order valence-corrected chi connectivity index (χ4v) is 5.61. The molecule has 0 saturated carbocycles. The van der Waals surface area contributed by atoms with Crippen molar-refractivity contribution in [3.8, 4) is 5.88 Å². The van der Waals surface area contributed by atoms with Crippen molar-refractivity contribution in [3.05, 3.63) is 42.2 Å². The van der Waals surface area contributed by atoms with E-state index in [4.69, 9.17) is 24.3 Å². The molecule has 3 aromatic rings. The number of nitrogens with two attached hydrogens (primary N) is 1. The Balaban J connectivity index is 1.60. The second-order valence-electron chi connectivity index (χ2n) is 9.79. The van der Waals surface area contributed by atoms with Crippen LogP contribution in [-0.4, -0.2) is 68.0 Å². The first-order valence-corrected chi connectivity index (χ1v) is 15.7. The van der Waals surface area contributed by atoms with E-state index >= 15 is 0 Å². The molecular weight excluding hydrogens is 567 g/mol. The number of aromatic nitrogens is 4. The van der Waals surface area contributed by atoms with Gasteiger partial charge in [0.2, 0.25) is 11.8 Å². The minimum Gasteiger partial charge on any atom is -0.476 e. The van der Waals surface area contributed by atoms with E-state index in [0.717, 1.165) is 17.3 Å². The lowest BCUT2D eigenvalue weighted by Crippen LogP contribution is -2.26. The summed E-state index contributed by atoms with van der Waals surface area (Å²) in [5, 5.41) is 12.7. The quantitative estimate of drug-likeness (QED) is 0.138. The second kappa shape index (κ2) is 16.3. The number of benzene rings is 1. The number of carbonyl (C=O) groups is 1. The Labute approximate surface area is 246 Å². The van der Waals surface area contributed by atoms with Crippen molar-refractivity contribution in [1.29, 1.82) is 0 Å². The number of hydrogen-bond acceptors (Lipinski definition) is 12. The fraction of sp³-hybridized carbons (Fsp3) is 0.556. The van der Waals surface area contributed by atoms with Crippen molar-refractivity contribution in [2.75, 3.05) is 37.9 Å². The number of rotatable bonds is 18. The van der Waals surface area contributed by atoms with E-state index < -0.39 is 20.2 Å². The largest absolute Gasteiger partial charge is 0.476 e. The molecule has 0 fully saturated rings. The molecule has 0 aliphatic carbocycles. The summed E-state index contributed by atoms with van der Waals surface area (Å²) in [6, 6.07) is 9.96. The lowest BCUT2D eigenvalue weighted by Gasteiger charge is -2.25. The highest BCUT2D eigenvalue weighted by Gasteiger charge is 2.27. The average Bonchev–Trinajstić information content (AvgIpc) is 3.40. The zero-order chi connectivity index (χ0) is 29.8. The number of nitrogens with zero attached hydrogens (tertiary/aromatic N) is 4. The van der Waals surface area contributed by atoms with Gasteiger partial charge in [0, 0.05) is 12.3 Å². The SMILES string of the molecule is CCOc1nc(N)nc2c1ncn2C(C)OC(CC)CO[P@](NCc1ccccc1)OCCSC(=O)C(C)(C)CO. The summed E-state index contributed by atoms with van der Waals surface area (Å²) in [5.41, 5.74) is 7.25. The minimum absolute atomic E-state index is 0.0769. The summed E-state index contributed by atoms with van der Waals surface area (Å²) in [5.74, 6) is 0.880. The van der Waals surface area contributed by atoms with Crippen LogP contribution in [-0.2, 0) is 25.1 Å². The van der Waals surface area contributed by atoms with E-state index in [0.29, 0.717) is 49.0 Å². The highest BCUT2D eigenvalue weighted by atomic mass is 32.2. The van der Waals surface area contributed by atoms with Crippen molar-refractivity contribution in [2.24, 2.45) is 5.41 Å². The van der Waals surface area contributed by atoms with Gasteiger partial charge in [-0.05, 0) is 39.7 Å². The van der Waals surface area contributed by atoms with Crippen LogP contribution in [0, 0.1) is 5.41 Å². The lowest BCUT2D eigenvalue weighted by molar-refractivity contribution is -0.119. The fourth-order valence-electron chi connectivity index (χ4n) is 3.55. The van der Waals surface area contributed by atoms with Gasteiger partial charge in [0.1, 0.15) is 6.23 Å². The first kappa shape index (κ1) is 33.1. The third kappa shape index (κ3) is 9.85. The number of aliphatic hydroxyl groups excluding tert-OH is 1. The van der Waals surface area contributed by atoms with Crippen LogP contribution in [0.3, 0.4) is 0 Å². The number of thioether (sulfide) groups is 1. The van der Waals surface area contributed by atoms with Crippen molar-refractivity contribution in [3.63, 3.8) is 0 Å². The number of nitrogens with one attached hydrogen (secondary N) is 1. The van der Waals surface area contributed by atoms with Crippen molar-refractivity contribution in [1.82, 2.24) is 24.6 Å². The van der Waals surface area contributed by atoms with Crippen molar-refractivity contribution >= 4 is 42.5 Å². The summed E-state index contributed by atoms with van der Waals surface area (Å²) in [6.07, 6.45) is 1.66. The first-order valence-electron chi connectivity index (χ1n) is 13.6. The summed E-state index contributed by atoms with van der Waals surface area (Å²) >= 11 is 1.15. The lowest BCUT2D eigenvalue weighted by atomic mass is 9.97. The normalized spacial score (nSPS) is 14.2. The van der Waals surface area contributed by atoms with Crippen LogP contribution in [0.1, 0.15) is 52.8 Å². The molecule has 3 atom stereocenters. The van der Waals surface area contributed by atoms with E-state index in [9.17, 15) is 9.90 Å². The minimum atomic E-state index is -1.47. The number of fused-ring (bicyclic) bond motifs is 1. The van der Waals surface area contributed by atoms with Gasteiger partial charge in [0.15, 0.2) is 16.3 Å². The number of hydrogen-bond donors (Lipinski definition) is 3. The Morgan fingerprint density at radius 1 is 1.22 bits per heavy atom. The van der Waals surface area contributed by atoms with Crippen molar-refractivity contribution < 1.29 is 28.4 Å². The predicted octanol–water partition coefficient (Wildman–Crippen LogP) is 4.45. The molecule has 2 aromatic heterocycles. The molecule has 0 radical (unpaired) electrons. The molecule has 3 rings (SSSR count). The predicted molar refractivity (Wildman–Crippen MR) is 161 cm³/mol. The van der Waals surface area contributed by atoms with Crippen molar-refractivity contribution in [2.45, 2.75) is 59.9 Å². The zero-order valence-corrected chi connectivity index (χ0v) is 26.0. The van der Waals surface area contributed by atoms with Crippen LogP contribution in [0.2, 0.25) is 0 Å². The molecule has 2 unspecified atom stereocenters. The number of ether oxygens (including phenoxy) is 2. The molecule has 41 heavy (non-hydrogen) atoms. The second-order valence-corrected chi connectivity index (χ2v) is 12.2. The number of carbonyl (C=O) groups excluding carboxylic acids is 1. The zero-order valence-electron chi connectivity index (χ0n) is 24.3. The number of nitrogen functional groups attached to an aromatic ring is 1. The van der Waals surface area contributed by atoms with Crippen LogP contribution in [0.25, 0.3) is 11.2 Å². The van der Waals surface area contributed by atoms with E-state index in [1.54, 1.807) is 24.7 Å². The van der Waals surface area contributed by atoms with E-state index in [-0.39, 0.29) is 30.4 Å². The molecule has 0 aliphatic rings. The van der Waals surface area contributed by atoms with E-state index in [2.05, 4.69) is 20.0 Å². The third-order valence-electron chi connectivity index (χ3n) is 6.03.